The summed E-state index contributed by atoms with van der Waals surface area (Å²) in [6.07, 6.45) is 4.51. The van der Waals surface area contributed by atoms with Crippen LogP contribution in [0.25, 0.3) is 0 Å². The highest BCUT2D eigenvalue weighted by molar-refractivity contribution is 5.79. The molecule has 2 fully saturated rings. The molecule has 0 bridgehead atoms. The Morgan fingerprint density at radius 2 is 1.82 bits per heavy atom. The van der Waals surface area contributed by atoms with Gasteiger partial charge in [-0.3, -0.25) is 9.69 Å². The number of likely N-dealkylation sites (tertiary alicyclic amines) is 2. The molecule has 0 saturated carbocycles. The second kappa shape index (κ2) is 7.28. The molecular weight excluding hydrogens is 272 g/mol. The molecule has 2 saturated heterocycles. The highest BCUT2D eigenvalue weighted by Gasteiger charge is 2.30. The average molecular weight is 300 g/mol. The smallest absolute Gasteiger partial charge is 0.225 e. The summed E-state index contributed by atoms with van der Waals surface area (Å²) >= 11 is 0. The van der Waals surface area contributed by atoms with Crippen LogP contribution >= 0.6 is 0 Å². The van der Waals surface area contributed by atoms with Gasteiger partial charge in [0.15, 0.2) is 0 Å². The van der Waals surface area contributed by atoms with Crippen LogP contribution in [-0.4, -0.2) is 41.9 Å². The van der Waals surface area contributed by atoms with E-state index in [4.69, 9.17) is 0 Å². The fraction of sp³-hybridized carbons (Fsp3) is 0.632. The van der Waals surface area contributed by atoms with Crippen molar-refractivity contribution in [1.82, 2.24) is 9.80 Å². The third-order valence-corrected chi connectivity index (χ3v) is 5.15. The predicted octanol–water partition coefficient (Wildman–Crippen LogP) is 3.16. The van der Waals surface area contributed by atoms with E-state index in [9.17, 15) is 4.79 Å². The molecule has 3 heteroatoms. The molecule has 0 aliphatic carbocycles. The molecule has 120 valence electrons. The Morgan fingerprint density at radius 3 is 2.50 bits per heavy atom. The van der Waals surface area contributed by atoms with Gasteiger partial charge in [-0.1, -0.05) is 37.3 Å². The number of hydrogen-bond acceptors (Lipinski definition) is 2. The molecule has 0 spiro atoms. The lowest BCUT2D eigenvalue weighted by Gasteiger charge is -2.37. The molecule has 3 rings (SSSR count). The van der Waals surface area contributed by atoms with Gasteiger partial charge < -0.3 is 4.90 Å². The number of benzene rings is 1. The molecule has 1 atom stereocenters. The summed E-state index contributed by atoms with van der Waals surface area (Å²) in [6, 6.07) is 10.6. The van der Waals surface area contributed by atoms with Crippen LogP contribution in [0.15, 0.2) is 30.3 Å². The van der Waals surface area contributed by atoms with E-state index in [0.717, 1.165) is 45.6 Å². The van der Waals surface area contributed by atoms with E-state index in [0.29, 0.717) is 11.8 Å². The molecule has 1 amide bonds. The molecule has 0 unspecified atom stereocenters. The number of carbonyl (C=O) groups is 1. The second-order valence-electron chi connectivity index (χ2n) is 7.07. The lowest BCUT2D eigenvalue weighted by atomic mass is 9.92. The van der Waals surface area contributed by atoms with Gasteiger partial charge in [-0.2, -0.15) is 0 Å². The highest BCUT2D eigenvalue weighted by Crippen LogP contribution is 2.24. The van der Waals surface area contributed by atoms with Crippen molar-refractivity contribution >= 4 is 5.91 Å². The minimum atomic E-state index is 0.261. The number of hydrogen-bond donors (Lipinski definition) is 0. The molecule has 0 N–H and O–H groups in total. The third kappa shape index (κ3) is 3.89. The number of amides is 1. The van der Waals surface area contributed by atoms with E-state index < -0.39 is 0 Å². The monoisotopic (exact) mass is 300 g/mol. The van der Waals surface area contributed by atoms with Gasteiger partial charge in [0.05, 0.1) is 0 Å². The molecule has 0 aromatic heterocycles. The van der Waals surface area contributed by atoms with Gasteiger partial charge in [-0.15, -0.1) is 0 Å². The minimum Gasteiger partial charge on any atom is -0.342 e. The van der Waals surface area contributed by atoms with Crippen LogP contribution in [-0.2, 0) is 11.3 Å². The topological polar surface area (TPSA) is 23.6 Å². The van der Waals surface area contributed by atoms with E-state index >= 15 is 0 Å². The molecule has 0 radical (unpaired) electrons. The van der Waals surface area contributed by atoms with Crippen LogP contribution < -0.4 is 0 Å². The quantitative estimate of drug-likeness (QED) is 0.856. The zero-order valence-electron chi connectivity index (χ0n) is 13.7. The summed E-state index contributed by atoms with van der Waals surface area (Å²) in [5.41, 5.74) is 1.37. The minimum absolute atomic E-state index is 0.261. The summed E-state index contributed by atoms with van der Waals surface area (Å²) in [4.78, 5) is 17.3. The van der Waals surface area contributed by atoms with Gasteiger partial charge in [0.25, 0.3) is 0 Å². The largest absolute Gasteiger partial charge is 0.342 e. The van der Waals surface area contributed by atoms with Crippen LogP contribution in [0.5, 0.6) is 0 Å². The maximum Gasteiger partial charge on any atom is 0.225 e. The summed E-state index contributed by atoms with van der Waals surface area (Å²) in [6.45, 7) is 7.34. The molecule has 1 aromatic carbocycles. The van der Waals surface area contributed by atoms with E-state index in [1.165, 1.54) is 18.4 Å². The van der Waals surface area contributed by atoms with Crippen LogP contribution in [0.3, 0.4) is 0 Å². The number of carbonyl (C=O) groups excluding carboxylic acids is 1. The van der Waals surface area contributed by atoms with Crippen molar-refractivity contribution in [3.63, 3.8) is 0 Å². The molecule has 2 aliphatic heterocycles. The highest BCUT2D eigenvalue weighted by atomic mass is 16.2. The first-order valence-corrected chi connectivity index (χ1v) is 8.77. The zero-order chi connectivity index (χ0) is 15.4. The second-order valence-corrected chi connectivity index (χ2v) is 7.07. The van der Waals surface area contributed by atoms with Crippen molar-refractivity contribution in [1.29, 1.82) is 0 Å². The van der Waals surface area contributed by atoms with E-state index in [1.807, 2.05) is 0 Å². The van der Waals surface area contributed by atoms with Gasteiger partial charge in [-0.05, 0) is 50.3 Å². The van der Waals surface area contributed by atoms with Crippen molar-refractivity contribution in [3.05, 3.63) is 35.9 Å². The first-order valence-electron chi connectivity index (χ1n) is 8.77. The molecule has 3 nitrogen and oxygen atoms in total. The normalized spacial score (nSPS) is 24.4. The van der Waals surface area contributed by atoms with Gasteiger partial charge in [0.2, 0.25) is 5.91 Å². The van der Waals surface area contributed by atoms with E-state index in [2.05, 4.69) is 47.1 Å². The fourth-order valence-corrected chi connectivity index (χ4v) is 3.83. The maximum absolute atomic E-state index is 12.7. The molecule has 22 heavy (non-hydrogen) atoms. The van der Waals surface area contributed by atoms with E-state index in [1.54, 1.807) is 0 Å². The van der Waals surface area contributed by atoms with Gasteiger partial charge >= 0.3 is 0 Å². The molecule has 2 heterocycles. The lowest BCUT2D eigenvalue weighted by Crippen LogP contribution is -2.45. The van der Waals surface area contributed by atoms with Crippen molar-refractivity contribution in [3.8, 4) is 0 Å². The van der Waals surface area contributed by atoms with Gasteiger partial charge in [0, 0.05) is 25.6 Å². The zero-order valence-corrected chi connectivity index (χ0v) is 13.7. The Bertz CT molecular complexity index is 479. The molecule has 2 aliphatic rings. The fourth-order valence-electron chi connectivity index (χ4n) is 3.83. The van der Waals surface area contributed by atoms with Gasteiger partial charge in [-0.25, -0.2) is 0 Å². The van der Waals surface area contributed by atoms with Crippen molar-refractivity contribution in [2.45, 2.75) is 39.2 Å². The lowest BCUT2D eigenvalue weighted by molar-refractivity contribution is -0.138. The number of nitrogens with zero attached hydrogens (tertiary/aromatic N) is 2. The average Bonchev–Trinajstić information content (AvgIpc) is 2.56. The number of rotatable bonds is 3. The summed E-state index contributed by atoms with van der Waals surface area (Å²) in [7, 11) is 0. The van der Waals surface area contributed by atoms with Crippen molar-refractivity contribution in [2.24, 2.45) is 11.8 Å². The number of piperidine rings is 2. The Hall–Kier alpha value is -1.35. The van der Waals surface area contributed by atoms with Crippen LogP contribution in [0.1, 0.15) is 38.2 Å². The standard InChI is InChI=1S/C19H28N2O/c1-16-6-5-11-21(14-16)19(22)18-9-12-20(13-10-18)15-17-7-3-2-4-8-17/h2-4,7-8,16,18H,5-6,9-15H2,1H3/t16-/m1/s1. The van der Waals surface area contributed by atoms with Gasteiger partial charge in [0.1, 0.15) is 0 Å². The molecule has 1 aromatic rings. The third-order valence-electron chi connectivity index (χ3n) is 5.15. The first-order chi connectivity index (χ1) is 10.7. The Kier molecular flexibility index (Phi) is 5.14. The van der Waals surface area contributed by atoms with Crippen LogP contribution in [0, 0.1) is 11.8 Å². The summed E-state index contributed by atoms with van der Waals surface area (Å²) in [5, 5.41) is 0. The maximum atomic E-state index is 12.7. The van der Waals surface area contributed by atoms with E-state index in [-0.39, 0.29) is 5.92 Å². The Morgan fingerprint density at radius 1 is 1.09 bits per heavy atom. The predicted molar refractivity (Wildman–Crippen MR) is 89.4 cm³/mol. The Balaban J connectivity index is 1.48. The molecular formula is C19H28N2O. The summed E-state index contributed by atoms with van der Waals surface area (Å²) < 4.78 is 0. The van der Waals surface area contributed by atoms with Crippen molar-refractivity contribution < 1.29 is 4.79 Å². The first kappa shape index (κ1) is 15.5. The summed E-state index contributed by atoms with van der Waals surface area (Å²) in [5.74, 6) is 1.36. The van der Waals surface area contributed by atoms with Crippen molar-refractivity contribution in [2.75, 3.05) is 26.2 Å². The SMILES string of the molecule is C[C@@H]1CCCN(C(=O)C2CCN(Cc3ccccc3)CC2)C1. The van der Waals surface area contributed by atoms with Crippen LogP contribution in [0.2, 0.25) is 0 Å². The van der Waals surface area contributed by atoms with Crippen LogP contribution in [0.4, 0.5) is 0 Å². The Labute approximate surface area is 134 Å².